The number of nitrogens with zero attached hydrogens (tertiary/aromatic N) is 1. The highest BCUT2D eigenvalue weighted by Crippen LogP contribution is 2.31. The van der Waals surface area contributed by atoms with Crippen LogP contribution in [0.3, 0.4) is 0 Å². The Bertz CT molecular complexity index is 666. The van der Waals surface area contributed by atoms with Crippen molar-refractivity contribution in [1.29, 1.82) is 0 Å². The van der Waals surface area contributed by atoms with Gasteiger partial charge in [0.1, 0.15) is 0 Å². The monoisotopic (exact) mass is 309 g/mol. The number of quaternary nitrogens is 1. The molecule has 0 bridgehead atoms. The Morgan fingerprint density at radius 2 is 1.78 bits per heavy atom. The molecule has 3 nitrogen and oxygen atoms in total. The van der Waals surface area contributed by atoms with Crippen LogP contribution in [0.5, 0.6) is 0 Å². The topological polar surface area (TPSA) is 24.8 Å². The molecule has 1 aliphatic rings. The maximum atomic E-state index is 12.6. The van der Waals surface area contributed by atoms with Gasteiger partial charge in [-0.3, -0.25) is 4.79 Å². The quantitative estimate of drug-likeness (QED) is 0.909. The van der Waals surface area contributed by atoms with Crippen molar-refractivity contribution in [3.8, 4) is 0 Å². The predicted molar refractivity (Wildman–Crippen MR) is 92.7 cm³/mol. The summed E-state index contributed by atoms with van der Waals surface area (Å²) in [5, 5.41) is 0. The molecule has 1 heterocycles. The van der Waals surface area contributed by atoms with Crippen molar-refractivity contribution in [3.05, 3.63) is 71.3 Å². The summed E-state index contributed by atoms with van der Waals surface area (Å²) in [6.07, 6.45) is 0.939. The molecule has 1 atom stereocenters. The molecule has 0 aliphatic carbocycles. The van der Waals surface area contributed by atoms with Gasteiger partial charge in [-0.1, -0.05) is 54.6 Å². The molecular weight excluding hydrogens is 284 g/mol. The summed E-state index contributed by atoms with van der Waals surface area (Å²) in [5.41, 5.74) is 4.02. The number of amides is 1. The fourth-order valence-electron chi connectivity index (χ4n) is 3.38. The van der Waals surface area contributed by atoms with E-state index in [0.29, 0.717) is 6.54 Å². The van der Waals surface area contributed by atoms with Gasteiger partial charge in [-0.2, -0.15) is 0 Å². The van der Waals surface area contributed by atoms with E-state index in [-0.39, 0.29) is 11.8 Å². The number of benzene rings is 2. The van der Waals surface area contributed by atoms with Gasteiger partial charge in [0.25, 0.3) is 5.91 Å². The van der Waals surface area contributed by atoms with Crippen molar-refractivity contribution in [2.45, 2.75) is 12.3 Å². The zero-order valence-corrected chi connectivity index (χ0v) is 14.0. The fraction of sp³-hybridized carbons (Fsp3) is 0.350. The van der Waals surface area contributed by atoms with Crippen LogP contribution in [0.2, 0.25) is 0 Å². The molecule has 2 aromatic carbocycles. The van der Waals surface area contributed by atoms with Gasteiger partial charge >= 0.3 is 0 Å². The summed E-state index contributed by atoms with van der Waals surface area (Å²) < 4.78 is 0. The molecule has 0 fully saturated rings. The smallest absolute Gasteiger partial charge is 0.277 e. The van der Waals surface area contributed by atoms with Crippen LogP contribution in [0, 0.1) is 0 Å². The third-order valence-electron chi connectivity index (χ3n) is 4.54. The van der Waals surface area contributed by atoms with Crippen LogP contribution in [-0.4, -0.2) is 44.5 Å². The Morgan fingerprint density at radius 1 is 1.09 bits per heavy atom. The first kappa shape index (κ1) is 15.8. The largest absolute Gasteiger partial charge is 0.337 e. The van der Waals surface area contributed by atoms with Gasteiger partial charge in [-0.15, -0.1) is 0 Å². The second-order valence-corrected chi connectivity index (χ2v) is 6.64. The van der Waals surface area contributed by atoms with E-state index in [1.54, 1.807) is 0 Å². The molecule has 0 unspecified atom stereocenters. The lowest BCUT2D eigenvalue weighted by atomic mass is 9.88. The molecule has 0 radical (unpaired) electrons. The lowest BCUT2D eigenvalue weighted by Gasteiger charge is -2.26. The van der Waals surface area contributed by atoms with Gasteiger partial charge in [0.15, 0.2) is 6.54 Å². The molecule has 3 rings (SSSR count). The van der Waals surface area contributed by atoms with Crippen LogP contribution in [0.25, 0.3) is 0 Å². The number of carbonyl (C=O) groups is 1. The van der Waals surface area contributed by atoms with E-state index in [4.69, 9.17) is 0 Å². The number of rotatable bonds is 3. The van der Waals surface area contributed by atoms with Gasteiger partial charge < -0.3 is 9.80 Å². The van der Waals surface area contributed by atoms with E-state index < -0.39 is 0 Å². The maximum Gasteiger partial charge on any atom is 0.277 e. The van der Waals surface area contributed by atoms with Crippen LogP contribution in [-0.2, 0) is 11.2 Å². The van der Waals surface area contributed by atoms with E-state index in [1.807, 2.05) is 25.1 Å². The Balaban J connectivity index is 1.94. The maximum absolute atomic E-state index is 12.6. The third-order valence-corrected chi connectivity index (χ3v) is 4.54. The van der Waals surface area contributed by atoms with Crippen molar-refractivity contribution in [1.82, 2.24) is 4.90 Å². The summed E-state index contributed by atoms with van der Waals surface area (Å²) in [4.78, 5) is 15.8. The number of fused-ring (bicyclic) bond motifs is 1. The first-order valence-electron chi connectivity index (χ1n) is 8.34. The molecule has 3 heteroatoms. The number of likely N-dealkylation sites (N-methyl/N-ethyl adjacent to an activating group) is 1. The molecule has 0 saturated heterocycles. The number of carbonyl (C=O) groups excluding carboxylic acids is 1. The average Bonchev–Trinajstić information content (AvgIpc) is 2.75. The van der Waals surface area contributed by atoms with E-state index in [9.17, 15) is 4.79 Å². The Labute approximate surface area is 138 Å². The Kier molecular flexibility index (Phi) is 4.77. The standard InChI is InChI=1S/C20H24N2O/c1-21(2)15-20(23)22-13-12-17-10-6-7-11-18(17)19(14-22)16-8-4-3-5-9-16/h3-11,19H,12-15H2,1-2H3/p+1/t19-/m1/s1. The second-order valence-electron chi connectivity index (χ2n) is 6.64. The van der Waals surface area contributed by atoms with Crippen molar-refractivity contribution in [3.63, 3.8) is 0 Å². The molecule has 1 amide bonds. The lowest BCUT2D eigenvalue weighted by Crippen LogP contribution is -3.07. The summed E-state index contributed by atoms with van der Waals surface area (Å²) in [6.45, 7) is 2.14. The SMILES string of the molecule is C[NH+](C)CC(=O)N1CCc2ccccc2[C@@H](c2ccccc2)C1. The molecule has 0 spiro atoms. The average molecular weight is 309 g/mol. The molecule has 0 aromatic heterocycles. The van der Waals surface area contributed by atoms with Crippen LogP contribution >= 0.6 is 0 Å². The van der Waals surface area contributed by atoms with Crippen LogP contribution in [0.15, 0.2) is 54.6 Å². The van der Waals surface area contributed by atoms with E-state index in [0.717, 1.165) is 19.5 Å². The van der Waals surface area contributed by atoms with Gasteiger partial charge in [-0.05, 0) is 23.1 Å². The molecule has 2 aromatic rings. The molecular formula is C20H25N2O+. The van der Waals surface area contributed by atoms with Crippen molar-refractivity contribution < 1.29 is 9.69 Å². The normalized spacial score (nSPS) is 17.7. The van der Waals surface area contributed by atoms with Crippen molar-refractivity contribution in [2.75, 3.05) is 33.7 Å². The minimum atomic E-state index is 0.249. The molecule has 23 heavy (non-hydrogen) atoms. The van der Waals surface area contributed by atoms with Crippen LogP contribution in [0.1, 0.15) is 22.6 Å². The molecule has 1 N–H and O–H groups in total. The van der Waals surface area contributed by atoms with Gasteiger partial charge in [0.05, 0.1) is 14.1 Å². The van der Waals surface area contributed by atoms with Gasteiger partial charge in [0, 0.05) is 19.0 Å². The first-order chi connectivity index (χ1) is 11.1. The summed E-state index contributed by atoms with van der Waals surface area (Å²) >= 11 is 0. The summed E-state index contributed by atoms with van der Waals surface area (Å²) in [7, 11) is 4.05. The number of hydrogen-bond donors (Lipinski definition) is 1. The number of nitrogens with one attached hydrogen (secondary N) is 1. The van der Waals surface area contributed by atoms with Gasteiger partial charge in [-0.25, -0.2) is 0 Å². The molecule has 1 aliphatic heterocycles. The molecule has 120 valence electrons. The minimum absolute atomic E-state index is 0.249. The molecule has 0 saturated carbocycles. The first-order valence-corrected chi connectivity index (χ1v) is 8.34. The van der Waals surface area contributed by atoms with Crippen LogP contribution in [0.4, 0.5) is 0 Å². The van der Waals surface area contributed by atoms with Crippen LogP contribution < -0.4 is 4.90 Å². The van der Waals surface area contributed by atoms with Gasteiger partial charge in [0.2, 0.25) is 0 Å². The minimum Gasteiger partial charge on any atom is -0.337 e. The lowest BCUT2D eigenvalue weighted by molar-refractivity contribution is -0.849. The van der Waals surface area contributed by atoms with Crippen molar-refractivity contribution in [2.24, 2.45) is 0 Å². The zero-order chi connectivity index (χ0) is 16.2. The van der Waals surface area contributed by atoms with E-state index in [2.05, 4.69) is 48.5 Å². The Morgan fingerprint density at radius 3 is 2.52 bits per heavy atom. The fourth-order valence-corrected chi connectivity index (χ4v) is 3.38. The summed E-state index contributed by atoms with van der Waals surface area (Å²) in [5.74, 6) is 0.509. The second kappa shape index (κ2) is 6.97. The van der Waals surface area contributed by atoms with E-state index in [1.165, 1.54) is 21.6 Å². The zero-order valence-electron chi connectivity index (χ0n) is 14.0. The summed E-state index contributed by atoms with van der Waals surface area (Å²) in [6, 6.07) is 19.2. The highest BCUT2D eigenvalue weighted by atomic mass is 16.2. The third kappa shape index (κ3) is 3.62. The van der Waals surface area contributed by atoms with E-state index >= 15 is 0 Å². The highest BCUT2D eigenvalue weighted by Gasteiger charge is 2.27. The Hall–Kier alpha value is -2.13. The number of hydrogen-bond acceptors (Lipinski definition) is 1. The highest BCUT2D eigenvalue weighted by molar-refractivity contribution is 5.77. The predicted octanol–water partition coefficient (Wildman–Crippen LogP) is 1.35. The van der Waals surface area contributed by atoms with Crippen molar-refractivity contribution >= 4 is 5.91 Å².